The van der Waals surface area contributed by atoms with Gasteiger partial charge in [-0.25, -0.2) is 9.59 Å². The van der Waals surface area contributed by atoms with Crippen molar-refractivity contribution in [2.75, 3.05) is 33.4 Å². The van der Waals surface area contributed by atoms with Crippen molar-refractivity contribution in [1.29, 1.82) is 0 Å². The van der Waals surface area contributed by atoms with Crippen molar-refractivity contribution >= 4 is 17.9 Å². The van der Waals surface area contributed by atoms with Gasteiger partial charge in [-0.3, -0.25) is 10.1 Å². The normalized spacial score (nSPS) is 23.1. The second kappa shape index (κ2) is 7.81. The minimum atomic E-state index is -1.16. The van der Waals surface area contributed by atoms with Crippen LogP contribution in [0.2, 0.25) is 0 Å². The van der Waals surface area contributed by atoms with E-state index >= 15 is 0 Å². The molecule has 0 aromatic rings. The molecule has 2 unspecified atom stereocenters. The summed E-state index contributed by atoms with van der Waals surface area (Å²) in [6.07, 6.45) is 0.828. The van der Waals surface area contributed by atoms with Crippen molar-refractivity contribution in [2.45, 2.75) is 19.4 Å². The highest BCUT2D eigenvalue weighted by molar-refractivity contribution is 5.95. The van der Waals surface area contributed by atoms with E-state index in [1.54, 1.807) is 0 Å². The van der Waals surface area contributed by atoms with Gasteiger partial charge in [-0.1, -0.05) is 6.92 Å². The molecule has 0 saturated carbocycles. The summed E-state index contributed by atoms with van der Waals surface area (Å²) in [7, 11) is 2.02. The zero-order chi connectivity index (χ0) is 15.1. The molecule has 0 aromatic heterocycles. The number of imide groups is 1. The summed E-state index contributed by atoms with van der Waals surface area (Å²) in [5.74, 6) is -1.52. The fourth-order valence-electron chi connectivity index (χ4n) is 2.17. The van der Waals surface area contributed by atoms with E-state index in [0.717, 1.165) is 19.5 Å². The number of hydrogen-bond donors (Lipinski definition) is 3. The number of nitrogens with one attached hydrogen (secondary N) is 2. The van der Waals surface area contributed by atoms with Gasteiger partial charge in [-0.2, -0.15) is 0 Å². The Morgan fingerprint density at radius 2 is 2.05 bits per heavy atom. The molecule has 3 amide bonds. The van der Waals surface area contributed by atoms with E-state index in [-0.39, 0.29) is 6.04 Å². The molecule has 114 valence electrons. The zero-order valence-electron chi connectivity index (χ0n) is 11.7. The molecule has 0 radical (unpaired) electrons. The first-order valence-corrected chi connectivity index (χ1v) is 6.47. The van der Waals surface area contributed by atoms with Gasteiger partial charge in [0.1, 0.15) is 13.2 Å². The van der Waals surface area contributed by atoms with Gasteiger partial charge in [-0.15, -0.1) is 0 Å². The Hall–Kier alpha value is -1.67. The van der Waals surface area contributed by atoms with Crippen LogP contribution in [-0.4, -0.2) is 67.3 Å². The van der Waals surface area contributed by atoms with E-state index < -0.39 is 31.1 Å². The molecule has 0 aliphatic carbocycles. The number of hydrogen-bond acceptors (Lipinski definition) is 5. The lowest BCUT2D eigenvalue weighted by Gasteiger charge is -2.35. The molecular weight excluding hydrogens is 266 g/mol. The molecular formula is C12H21N3O5. The minimum Gasteiger partial charge on any atom is -0.480 e. The molecule has 1 aliphatic heterocycles. The molecule has 1 rings (SSSR count). The molecule has 1 saturated heterocycles. The van der Waals surface area contributed by atoms with Crippen LogP contribution in [0, 0.1) is 5.92 Å². The van der Waals surface area contributed by atoms with Gasteiger partial charge in [0.15, 0.2) is 0 Å². The zero-order valence-corrected chi connectivity index (χ0v) is 11.7. The Kier molecular flexibility index (Phi) is 6.40. The molecule has 1 heterocycles. The van der Waals surface area contributed by atoms with E-state index in [1.807, 2.05) is 14.0 Å². The third-order valence-corrected chi connectivity index (χ3v) is 3.14. The third-order valence-electron chi connectivity index (χ3n) is 3.14. The lowest BCUT2D eigenvalue weighted by Crippen LogP contribution is -2.52. The van der Waals surface area contributed by atoms with Crippen molar-refractivity contribution in [2.24, 2.45) is 5.92 Å². The van der Waals surface area contributed by atoms with E-state index in [9.17, 15) is 14.4 Å². The van der Waals surface area contributed by atoms with Gasteiger partial charge in [-0.05, 0) is 25.9 Å². The summed E-state index contributed by atoms with van der Waals surface area (Å²) >= 11 is 0. The quantitative estimate of drug-likeness (QED) is 0.614. The number of likely N-dealkylation sites (tertiary alicyclic amines) is 1. The number of rotatable bonds is 5. The molecule has 1 fully saturated rings. The summed E-state index contributed by atoms with van der Waals surface area (Å²) in [4.78, 5) is 35.3. The van der Waals surface area contributed by atoms with Crippen LogP contribution in [0.4, 0.5) is 4.79 Å². The topological polar surface area (TPSA) is 108 Å². The molecule has 0 spiro atoms. The first kappa shape index (κ1) is 16.4. The maximum absolute atomic E-state index is 11.6. The van der Waals surface area contributed by atoms with Crippen LogP contribution in [-0.2, 0) is 14.3 Å². The Labute approximate surface area is 117 Å². The Morgan fingerprint density at radius 1 is 1.35 bits per heavy atom. The average molecular weight is 287 g/mol. The van der Waals surface area contributed by atoms with Crippen LogP contribution >= 0.6 is 0 Å². The minimum absolute atomic E-state index is 0.0268. The first-order valence-electron chi connectivity index (χ1n) is 6.47. The summed E-state index contributed by atoms with van der Waals surface area (Å²) in [6.45, 7) is 2.80. The first-order chi connectivity index (χ1) is 9.38. The molecule has 8 heteroatoms. The SMILES string of the molecule is CC1CN(C)CCC1NC(=O)NC(=O)COCC(=O)O. The third kappa shape index (κ3) is 5.98. The smallest absolute Gasteiger partial charge is 0.329 e. The second-order valence-corrected chi connectivity index (χ2v) is 5.04. The van der Waals surface area contributed by atoms with Crippen molar-refractivity contribution in [3.8, 4) is 0 Å². The predicted octanol–water partition coefficient (Wildman–Crippen LogP) is -0.746. The Balaban J connectivity index is 2.25. The van der Waals surface area contributed by atoms with Crippen molar-refractivity contribution in [3.63, 3.8) is 0 Å². The van der Waals surface area contributed by atoms with Gasteiger partial charge >= 0.3 is 12.0 Å². The van der Waals surface area contributed by atoms with Crippen LogP contribution in [0.3, 0.4) is 0 Å². The highest BCUT2D eigenvalue weighted by atomic mass is 16.5. The fourth-order valence-corrected chi connectivity index (χ4v) is 2.17. The summed E-state index contributed by atoms with van der Waals surface area (Å²) in [6, 6.07) is -0.547. The number of aliphatic carboxylic acids is 1. The van der Waals surface area contributed by atoms with Gasteiger partial charge in [0, 0.05) is 12.6 Å². The molecule has 8 nitrogen and oxygen atoms in total. The van der Waals surface area contributed by atoms with Gasteiger partial charge in [0.25, 0.3) is 5.91 Å². The van der Waals surface area contributed by atoms with Gasteiger partial charge < -0.3 is 20.1 Å². The number of carbonyl (C=O) groups excluding carboxylic acids is 2. The number of ether oxygens (including phenoxy) is 1. The van der Waals surface area contributed by atoms with E-state index in [2.05, 4.69) is 20.3 Å². The molecule has 2 atom stereocenters. The van der Waals surface area contributed by atoms with Crippen LogP contribution in [0.25, 0.3) is 0 Å². The number of carboxylic acids is 1. The number of piperidine rings is 1. The molecule has 0 aromatic carbocycles. The Morgan fingerprint density at radius 3 is 2.65 bits per heavy atom. The largest absolute Gasteiger partial charge is 0.480 e. The van der Waals surface area contributed by atoms with Crippen LogP contribution in [0.5, 0.6) is 0 Å². The van der Waals surface area contributed by atoms with E-state index in [1.165, 1.54) is 0 Å². The standard InChI is InChI=1S/C12H21N3O5/c1-8-5-15(2)4-3-9(8)13-12(19)14-10(16)6-20-7-11(17)18/h8-9H,3-7H2,1-2H3,(H,17,18)(H2,13,14,16,19). The Bertz CT molecular complexity index is 374. The van der Waals surface area contributed by atoms with E-state index in [4.69, 9.17) is 5.11 Å². The molecule has 1 aliphatic rings. The van der Waals surface area contributed by atoms with E-state index in [0.29, 0.717) is 5.92 Å². The van der Waals surface area contributed by atoms with Crippen molar-refractivity contribution < 1.29 is 24.2 Å². The molecule has 0 bridgehead atoms. The lowest BCUT2D eigenvalue weighted by atomic mass is 9.94. The average Bonchev–Trinajstić information content (AvgIpc) is 2.32. The van der Waals surface area contributed by atoms with Crippen molar-refractivity contribution in [1.82, 2.24) is 15.5 Å². The fraction of sp³-hybridized carbons (Fsp3) is 0.750. The maximum atomic E-state index is 11.6. The predicted molar refractivity (Wildman–Crippen MR) is 70.2 cm³/mol. The number of amides is 3. The molecule has 20 heavy (non-hydrogen) atoms. The highest BCUT2D eigenvalue weighted by Gasteiger charge is 2.25. The number of urea groups is 1. The number of carbonyl (C=O) groups is 3. The van der Waals surface area contributed by atoms with Crippen LogP contribution in [0.1, 0.15) is 13.3 Å². The number of nitrogens with zero attached hydrogens (tertiary/aromatic N) is 1. The summed E-state index contributed by atoms with van der Waals surface area (Å²) in [5.41, 5.74) is 0. The number of carboxylic acid groups (broad SMARTS) is 1. The summed E-state index contributed by atoms with van der Waals surface area (Å²) < 4.78 is 4.58. The monoisotopic (exact) mass is 287 g/mol. The van der Waals surface area contributed by atoms with Crippen LogP contribution in [0.15, 0.2) is 0 Å². The second-order valence-electron chi connectivity index (χ2n) is 5.04. The maximum Gasteiger partial charge on any atom is 0.329 e. The highest BCUT2D eigenvalue weighted by Crippen LogP contribution is 2.14. The lowest BCUT2D eigenvalue weighted by molar-refractivity contribution is -0.143. The summed E-state index contributed by atoms with van der Waals surface area (Å²) in [5, 5.41) is 13.2. The van der Waals surface area contributed by atoms with Crippen LogP contribution < -0.4 is 10.6 Å². The molecule has 3 N–H and O–H groups in total. The van der Waals surface area contributed by atoms with Crippen molar-refractivity contribution in [3.05, 3.63) is 0 Å². The van der Waals surface area contributed by atoms with Gasteiger partial charge in [0.2, 0.25) is 0 Å². The van der Waals surface area contributed by atoms with Gasteiger partial charge in [0.05, 0.1) is 0 Å².